The van der Waals surface area contributed by atoms with E-state index >= 15 is 0 Å². The Morgan fingerprint density at radius 2 is 1.94 bits per heavy atom. The van der Waals surface area contributed by atoms with E-state index in [0.717, 1.165) is 16.8 Å². The first kappa shape index (κ1) is 14.5. The molecule has 0 aliphatic carbocycles. The minimum absolute atomic E-state index is 0.109. The lowest BCUT2D eigenvalue weighted by atomic mass is 10.1. The normalized spacial score (nSPS) is 11.9. The fourth-order valence-electron chi connectivity index (χ4n) is 1.42. The van der Waals surface area contributed by atoms with Crippen molar-refractivity contribution < 1.29 is 4.74 Å². The van der Waals surface area contributed by atoms with Crippen molar-refractivity contribution in [1.29, 1.82) is 0 Å². The van der Waals surface area contributed by atoms with E-state index in [0.29, 0.717) is 0 Å². The molecule has 0 unspecified atom stereocenters. The van der Waals surface area contributed by atoms with Crippen LogP contribution < -0.4 is 10.1 Å². The molecule has 0 aromatic heterocycles. The Labute approximate surface area is 113 Å². The molecule has 2 nitrogen and oxygen atoms in total. The minimum Gasteiger partial charge on any atom is -0.489 e. The third-order valence-electron chi connectivity index (χ3n) is 2.21. The summed E-state index contributed by atoms with van der Waals surface area (Å²) in [6.07, 6.45) is 0.182. The zero-order chi connectivity index (χ0) is 13.1. The lowest BCUT2D eigenvalue weighted by molar-refractivity contribution is 0.237. The summed E-state index contributed by atoms with van der Waals surface area (Å²) in [5.74, 6) is 0.944. The number of rotatable bonds is 4. The minimum atomic E-state index is 0.109. The van der Waals surface area contributed by atoms with E-state index in [2.05, 4.69) is 48.1 Å². The molecule has 0 aliphatic heterocycles. The van der Waals surface area contributed by atoms with Crippen LogP contribution in [-0.4, -0.2) is 11.6 Å². The van der Waals surface area contributed by atoms with Crippen molar-refractivity contribution in [2.24, 2.45) is 0 Å². The predicted octanol–water partition coefficient (Wildman–Crippen LogP) is 4.12. The first-order chi connectivity index (χ1) is 7.79. The Morgan fingerprint density at radius 3 is 2.47 bits per heavy atom. The zero-order valence-corrected chi connectivity index (χ0v) is 12.9. The Bertz CT molecular complexity index is 369. The molecule has 0 heterocycles. The van der Waals surface area contributed by atoms with Crippen molar-refractivity contribution in [2.45, 2.75) is 52.8 Å². The van der Waals surface area contributed by atoms with Crippen LogP contribution in [0.4, 0.5) is 0 Å². The van der Waals surface area contributed by atoms with Crippen molar-refractivity contribution in [1.82, 2.24) is 5.32 Å². The van der Waals surface area contributed by atoms with E-state index < -0.39 is 0 Å². The lowest BCUT2D eigenvalue weighted by Crippen LogP contribution is -2.35. The number of hydrogen-bond donors (Lipinski definition) is 1. The van der Waals surface area contributed by atoms with Crippen LogP contribution in [0.25, 0.3) is 0 Å². The second kappa shape index (κ2) is 5.87. The number of ether oxygens (including phenoxy) is 1. The maximum absolute atomic E-state index is 5.85. The fraction of sp³-hybridized carbons (Fsp3) is 0.571. The standard InChI is InChI=1S/C14H22BrNO/c1-10(2)17-13-11(7-6-8-12(13)15)9-16-14(3,4)5/h6-8,10,16H,9H2,1-5H3. The largest absolute Gasteiger partial charge is 0.489 e. The predicted molar refractivity (Wildman–Crippen MR) is 76.5 cm³/mol. The van der Waals surface area contributed by atoms with E-state index in [1.807, 2.05) is 26.0 Å². The number of hydrogen-bond acceptors (Lipinski definition) is 2. The Balaban J connectivity index is 2.87. The second-order valence-corrected chi connectivity index (χ2v) is 6.35. The van der Waals surface area contributed by atoms with Gasteiger partial charge in [-0.05, 0) is 56.6 Å². The average Bonchev–Trinajstić information content (AvgIpc) is 2.17. The van der Waals surface area contributed by atoms with E-state index in [9.17, 15) is 0 Å². The number of halogens is 1. The molecule has 1 rings (SSSR count). The molecular formula is C14H22BrNO. The highest BCUT2D eigenvalue weighted by molar-refractivity contribution is 9.10. The number of benzene rings is 1. The highest BCUT2D eigenvalue weighted by Gasteiger charge is 2.13. The molecule has 17 heavy (non-hydrogen) atoms. The zero-order valence-electron chi connectivity index (χ0n) is 11.3. The van der Waals surface area contributed by atoms with Crippen LogP contribution in [0.3, 0.4) is 0 Å². The topological polar surface area (TPSA) is 21.3 Å². The highest BCUT2D eigenvalue weighted by atomic mass is 79.9. The van der Waals surface area contributed by atoms with Crippen LogP contribution >= 0.6 is 15.9 Å². The molecule has 1 aromatic rings. The Hall–Kier alpha value is -0.540. The second-order valence-electron chi connectivity index (χ2n) is 5.50. The number of para-hydroxylation sites is 1. The Morgan fingerprint density at radius 1 is 1.29 bits per heavy atom. The van der Waals surface area contributed by atoms with Crippen molar-refractivity contribution in [3.05, 3.63) is 28.2 Å². The summed E-state index contributed by atoms with van der Waals surface area (Å²) in [4.78, 5) is 0. The maximum atomic E-state index is 5.85. The Kier molecular flexibility index (Phi) is 5.02. The molecule has 96 valence electrons. The van der Waals surface area contributed by atoms with Crippen LogP contribution in [0, 0.1) is 0 Å². The fourth-order valence-corrected chi connectivity index (χ4v) is 1.92. The first-order valence-corrected chi connectivity index (χ1v) is 6.78. The van der Waals surface area contributed by atoms with Crippen molar-refractivity contribution >= 4 is 15.9 Å². The van der Waals surface area contributed by atoms with Crippen molar-refractivity contribution in [2.75, 3.05) is 0 Å². The molecule has 0 saturated heterocycles. The summed E-state index contributed by atoms with van der Waals surface area (Å²) in [5.41, 5.74) is 1.29. The smallest absolute Gasteiger partial charge is 0.138 e. The summed E-state index contributed by atoms with van der Waals surface area (Å²) in [6, 6.07) is 6.15. The van der Waals surface area contributed by atoms with Gasteiger partial charge < -0.3 is 10.1 Å². The van der Waals surface area contributed by atoms with E-state index in [1.165, 1.54) is 5.56 Å². The molecule has 0 aliphatic rings. The van der Waals surface area contributed by atoms with Gasteiger partial charge in [-0.3, -0.25) is 0 Å². The van der Waals surface area contributed by atoms with E-state index in [1.54, 1.807) is 0 Å². The van der Waals surface area contributed by atoms with Crippen LogP contribution in [0.15, 0.2) is 22.7 Å². The van der Waals surface area contributed by atoms with Gasteiger partial charge in [0.25, 0.3) is 0 Å². The van der Waals surface area contributed by atoms with Gasteiger partial charge in [0, 0.05) is 17.6 Å². The van der Waals surface area contributed by atoms with E-state index in [4.69, 9.17) is 4.74 Å². The molecule has 0 radical (unpaired) electrons. The summed E-state index contributed by atoms with van der Waals surface area (Å²) in [7, 11) is 0. The first-order valence-electron chi connectivity index (χ1n) is 5.98. The van der Waals surface area contributed by atoms with Gasteiger partial charge in [0.15, 0.2) is 0 Å². The molecule has 0 amide bonds. The third kappa shape index (κ3) is 5.09. The SMILES string of the molecule is CC(C)Oc1c(Br)cccc1CNC(C)(C)C. The van der Waals surface area contributed by atoms with Gasteiger partial charge in [0.1, 0.15) is 5.75 Å². The van der Waals surface area contributed by atoms with Gasteiger partial charge in [0.05, 0.1) is 10.6 Å². The summed E-state index contributed by atoms with van der Waals surface area (Å²) < 4.78 is 6.87. The summed E-state index contributed by atoms with van der Waals surface area (Å²) >= 11 is 3.54. The molecular weight excluding hydrogens is 278 g/mol. The molecule has 0 saturated carbocycles. The molecule has 0 atom stereocenters. The van der Waals surface area contributed by atoms with Gasteiger partial charge in [-0.15, -0.1) is 0 Å². The number of nitrogens with one attached hydrogen (secondary N) is 1. The van der Waals surface area contributed by atoms with Crippen LogP contribution in [0.2, 0.25) is 0 Å². The molecule has 0 fully saturated rings. The molecule has 1 N–H and O–H groups in total. The van der Waals surface area contributed by atoms with Gasteiger partial charge in [0.2, 0.25) is 0 Å². The van der Waals surface area contributed by atoms with Crippen molar-refractivity contribution in [3.63, 3.8) is 0 Å². The van der Waals surface area contributed by atoms with Gasteiger partial charge in [-0.1, -0.05) is 12.1 Å². The monoisotopic (exact) mass is 299 g/mol. The third-order valence-corrected chi connectivity index (χ3v) is 2.84. The maximum Gasteiger partial charge on any atom is 0.138 e. The van der Waals surface area contributed by atoms with Gasteiger partial charge in [-0.25, -0.2) is 0 Å². The van der Waals surface area contributed by atoms with Crippen LogP contribution in [0.5, 0.6) is 5.75 Å². The quantitative estimate of drug-likeness (QED) is 0.903. The molecule has 0 spiro atoms. The van der Waals surface area contributed by atoms with E-state index in [-0.39, 0.29) is 11.6 Å². The summed E-state index contributed by atoms with van der Waals surface area (Å²) in [5, 5.41) is 3.48. The lowest BCUT2D eigenvalue weighted by Gasteiger charge is -2.22. The summed E-state index contributed by atoms with van der Waals surface area (Å²) in [6.45, 7) is 11.4. The molecule has 3 heteroatoms. The van der Waals surface area contributed by atoms with Gasteiger partial charge in [-0.2, -0.15) is 0 Å². The van der Waals surface area contributed by atoms with Crippen LogP contribution in [-0.2, 0) is 6.54 Å². The van der Waals surface area contributed by atoms with Crippen molar-refractivity contribution in [3.8, 4) is 5.75 Å². The molecule has 1 aromatic carbocycles. The average molecular weight is 300 g/mol. The highest BCUT2D eigenvalue weighted by Crippen LogP contribution is 2.30. The van der Waals surface area contributed by atoms with Gasteiger partial charge >= 0.3 is 0 Å². The van der Waals surface area contributed by atoms with Crippen LogP contribution in [0.1, 0.15) is 40.2 Å². The molecule has 0 bridgehead atoms.